The quantitative estimate of drug-likeness (QED) is 0.603. The molecular weight excluding hydrogens is 412 g/mol. The van der Waals surface area contributed by atoms with Crippen molar-refractivity contribution < 1.29 is 19.7 Å². The van der Waals surface area contributed by atoms with Gasteiger partial charge in [-0.25, -0.2) is 4.79 Å². The van der Waals surface area contributed by atoms with E-state index in [1.165, 1.54) is 17.2 Å². The van der Waals surface area contributed by atoms with E-state index < -0.39 is 5.60 Å². The Labute approximate surface area is 194 Å². The van der Waals surface area contributed by atoms with Crippen LogP contribution in [0.1, 0.15) is 61.6 Å². The fourth-order valence-corrected chi connectivity index (χ4v) is 7.41. The maximum absolute atomic E-state index is 12.2. The molecule has 4 aliphatic rings. The molecule has 0 aromatic heterocycles. The van der Waals surface area contributed by atoms with Crippen LogP contribution in [-0.4, -0.2) is 21.8 Å². The molecule has 1 aliphatic heterocycles. The lowest BCUT2D eigenvalue weighted by Gasteiger charge is -2.52. The Balaban J connectivity index is 1.33. The van der Waals surface area contributed by atoms with E-state index in [4.69, 9.17) is 4.74 Å². The van der Waals surface area contributed by atoms with Gasteiger partial charge in [0.05, 0.1) is 5.60 Å². The first kappa shape index (κ1) is 20.7. The van der Waals surface area contributed by atoms with E-state index in [1.54, 1.807) is 0 Å². The molecule has 170 valence electrons. The van der Waals surface area contributed by atoms with E-state index in [0.29, 0.717) is 35.7 Å². The van der Waals surface area contributed by atoms with Crippen molar-refractivity contribution in [3.8, 4) is 5.75 Å². The van der Waals surface area contributed by atoms with Gasteiger partial charge in [0.1, 0.15) is 11.5 Å². The molecule has 0 unspecified atom stereocenters. The van der Waals surface area contributed by atoms with Crippen molar-refractivity contribution in [3.63, 3.8) is 0 Å². The molecule has 2 fully saturated rings. The number of phenols is 1. The summed E-state index contributed by atoms with van der Waals surface area (Å²) < 4.78 is 5.59. The number of cyclic esters (lactones) is 1. The molecule has 0 spiro atoms. The number of benzene rings is 2. The van der Waals surface area contributed by atoms with Crippen LogP contribution < -0.4 is 0 Å². The van der Waals surface area contributed by atoms with Crippen molar-refractivity contribution in [2.45, 2.75) is 57.0 Å². The fraction of sp³-hybridized carbons (Fsp3) is 0.414. The lowest BCUT2D eigenvalue weighted by Crippen LogP contribution is -2.50. The number of aryl methyl sites for hydroxylation is 1. The molecule has 2 aromatic rings. The van der Waals surface area contributed by atoms with Crippen LogP contribution in [0, 0.1) is 17.3 Å². The third kappa shape index (κ3) is 3.11. The Hall–Kier alpha value is -2.85. The van der Waals surface area contributed by atoms with Gasteiger partial charge in [0, 0.05) is 17.1 Å². The van der Waals surface area contributed by atoms with Gasteiger partial charge < -0.3 is 14.9 Å². The van der Waals surface area contributed by atoms with Gasteiger partial charge in [0.25, 0.3) is 0 Å². The minimum absolute atomic E-state index is 0.258. The smallest absolute Gasteiger partial charge is 0.336 e. The van der Waals surface area contributed by atoms with Crippen LogP contribution >= 0.6 is 0 Å². The second-order valence-corrected chi connectivity index (χ2v) is 10.6. The minimum Gasteiger partial charge on any atom is -0.508 e. The van der Waals surface area contributed by atoms with Gasteiger partial charge in [-0.3, -0.25) is 0 Å². The van der Waals surface area contributed by atoms with E-state index in [1.807, 2.05) is 48.5 Å². The number of ether oxygens (including phenoxy) is 1. The third-order valence-corrected chi connectivity index (χ3v) is 9.12. The Morgan fingerprint density at radius 1 is 1.06 bits per heavy atom. The standard InChI is InChI=1S/C29H30O4/c1-28-13-11-22-21-10-8-20(30)15-19(21)7-9-23(22)25(28)12-14-29(28,32)17-26-24(16-27(31)33-26)18-5-3-2-4-6-18/h2-6,8,10,15-17,22-23,25,30,32H,7,9,11-14H2,1H3/b26-17-/t22-,23-,25+,28-,29+/m0/s1. The molecule has 2 N–H and O–H groups in total. The second-order valence-electron chi connectivity index (χ2n) is 10.6. The molecule has 6 rings (SSSR count). The summed E-state index contributed by atoms with van der Waals surface area (Å²) in [5, 5.41) is 22.0. The van der Waals surface area contributed by atoms with Gasteiger partial charge in [-0.2, -0.15) is 0 Å². The monoisotopic (exact) mass is 442 g/mol. The largest absolute Gasteiger partial charge is 0.508 e. The maximum Gasteiger partial charge on any atom is 0.336 e. The Morgan fingerprint density at radius 2 is 1.88 bits per heavy atom. The molecule has 3 aliphatic carbocycles. The SMILES string of the molecule is C[C@]12CC[C@H]3c4ccc(O)cc4CC[C@@H]3[C@H]1CC[C@@]2(O)/C=C1\OC(=O)C=C1c1ccccc1. The van der Waals surface area contributed by atoms with Gasteiger partial charge in [0.2, 0.25) is 0 Å². The summed E-state index contributed by atoms with van der Waals surface area (Å²) in [6.45, 7) is 2.24. The number of allylic oxidation sites excluding steroid dienone is 1. The number of carbonyl (C=O) groups excluding carboxylic acids is 1. The highest BCUT2D eigenvalue weighted by Gasteiger charge is 2.61. The third-order valence-electron chi connectivity index (χ3n) is 9.12. The summed E-state index contributed by atoms with van der Waals surface area (Å²) in [5.41, 5.74) is 3.08. The maximum atomic E-state index is 12.2. The number of rotatable bonds is 2. The fourth-order valence-electron chi connectivity index (χ4n) is 7.41. The highest BCUT2D eigenvalue weighted by Crippen LogP contribution is 2.65. The lowest BCUT2D eigenvalue weighted by molar-refractivity contribution is -0.132. The number of carbonyl (C=O) groups is 1. The minimum atomic E-state index is -1.01. The predicted octanol–water partition coefficient (Wildman–Crippen LogP) is 5.50. The molecule has 1 heterocycles. The summed E-state index contributed by atoms with van der Waals surface area (Å²) in [4.78, 5) is 12.2. The highest BCUT2D eigenvalue weighted by atomic mass is 16.5. The first-order chi connectivity index (χ1) is 15.9. The summed E-state index contributed by atoms with van der Waals surface area (Å²) in [7, 11) is 0. The Bertz CT molecular complexity index is 1180. The van der Waals surface area contributed by atoms with Crippen LogP contribution in [0.25, 0.3) is 5.57 Å². The molecule has 4 nitrogen and oxygen atoms in total. The molecule has 0 radical (unpaired) electrons. The van der Waals surface area contributed by atoms with E-state index in [0.717, 1.165) is 43.2 Å². The number of aliphatic hydroxyl groups is 1. The van der Waals surface area contributed by atoms with Crippen molar-refractivity contribution in [1.29, 1.82) is 0 Å². The van der Waals surface area contributed by atoms with Crippen molar-refractivity contribution in [2.24, 2.45) is 17.3 Å². The molecule has 5 atom stereocenters. The van der Waals surface area contributed by atoms with Gasteiger partial charge in [0.15, 0.2) is 0 Å². The van der Waals surface area contributed by atoms with Crippen LogP contribution in [0.2, 0.25) is 0 Å². The van der Waals surface area contributed by atoms with Gasteiger partial charge >= 0.3 is 5.97 Å². The zero-order chi connectivity index (χ0) is 22.8. The summed E-state index contributed by atoms with van der Waals surface area (Å²) in [6, 6.07) is 15.6. The lowest BCUT2D eigenvalue weighted by atomic mass is 9.53. The van der Waals surface area contributed by atoms with E-state index in [-0.39, 0.29) is 11.4 Å². The summed E-state index contributed by atoms with van der Waals surface area (Å²) >= 11 is 0. The molecule has 0 bridgehead atoms. The Kier molecular flexibility index (Phi) is 4.60. The van der Waals surface area contributed by atoms with Gasteiger partial charge in [-0.05, 0) is 91.2 Å². The van der Waals surface area contributed by atoms with Crippen LogP contribution in [0.5, 0.6) is 5.75 Å². The van der Waals surface area contributed by atoms with Crippen molar-refractivity contribution >= 4 is 11.5 Å². The van der Waals surface area contributed by atoms with Crippen LogP contribution in [0.3, 0.4) is 0 Å². The number of hydrogen-bond acceptors (Lipinski definition) is 4. The number of hydrogen-bond donors (Lipinski definition) is 2. The van der Waals surface area contributed by atoms with Crippen LogP contribution in [0.15, 0.2) is 66.4 Å². The number of aromatic hydroxyl groups is 1. The topological polar surface area (TPSA) is 66.8 Å². The zero-order valence-electron chi connectivity index (χ0n) is 19.0. The molecule has 0 saturated heterocycles. The zero-order valence-corrected chi connectivity index (χ0v) is 19.0. The molecular formula is C29H30O4. The Morgan fingerprint density at radius 3 is 2.70 bits per heavy atom. The average molecular weight is 443 g/mol. The summed E-state index contributed by atoms with van der Waals surface area (Å²) in [6.07, 6.45) is 9.08. The normalized spacial score (nSPS) is 36.1. The second kappa shape index (κ2) is 7.33. The number of fused-ring (bicyclic) bond motifs is 5. The molecule has 4 heteroatoms. The first-order valence-corrected chi connectivity index (χ1v) is 12.1. The van der Waals surface area contributed by atoms with E-state index in [9.17, 15) is 15.0 Å². The van der Waals surface area contributed by atoms with Crippen molar-refractivity contribution in [1.82, 2.24) is 0 Å². The average Bonchev–Trinajstić information content (AvgIpc) is 3.30. The molecule has 2 saturated carbocycles. The highest BCUT2D eigenvalue weighted by molar-refractivity contribution is 6.01. The summed E-state index contributed by atoms with van der Waals surface area (Å²) in [5.74, 6) is 1.90. The van der Waals surface area contributed by atoms with E-state index in [2.05, 4.69) is 13.0 Å². The van der Waals surface area contributed by atoms with Crippen molar-refractivity contribution in [2.75, 3.05) is 0 Å². The molecule has 2 aromatic carbocycles. The predicted molar refractivity (Wildman–Crippen MR) is 126 cm³/mol. The van der Waals surface area contributed by atoms with Crippen molar-refractivity contribution in [3.05, 3.63) is 83.1 Å². The van der Waals surface area contributed by atoms with Gasteiger partial charge in [-0.1, -0.05) is 43.3 Å². The van der Waals surface area contributed by atoms with Crippen LogP contribution in [-0.2, 0) is 16.0 Å². The first-order valence-electron chi connectivity index (χ1n) is 12.1. The molecule has 33 heavy (non-hydrogen) atoms. The van der Waals surface area contributed by atoms with Gasteiger partial charge in [-0.15, -0.1) is 0 Å². The number of phenolic OH excluding ortho intramolecular Hbond substituents is 1. The van der Waals surface area contributed by atoms with Crippen LogP contribution in [0.4, 0.5) is 0 Å². The number of esters is 1. The molecule has 0 amide bonds. The van der Waals surface area contributed by atoms with E-state index >= 15 is 0 Å².